The van der Waals surface area contributed by atoms with E-state index in [1.54, 1.807) is 10.8 Å². The molecule has 0 saturated carbocycles. The standard InChI is InChI=1S/C18H20F3N5/c1-24(11-14-3-2-4-16-22-7-8-26(14)16)9-13-5-6-17-23-15(18(19,20)21)12-25(17)10-13/h2-4,7-8,12-13H,5-6,9-11H2,1H3/t13-/m0/s1. The molecule has 1 atom stereocenters. The molecule has 3 aromatic rings. The molecule has 0 aromatic carbocycles. The first kappa shape index (κ1) is 17.1. The van der Waals surface area contributed by atoms with Crippen LogP contribution >= 0.6 is 0 Å². The third-order valence-corrected chi connectivity index (χ3v) is 4.90. The van der Waals surface area contributed by atoms with Crippen LogP contribution in [0.4, 0.5) is 13.2 Å². The summed E-state index contributed by atoms with van der Waals surface area (Å²) in [5.74, 6) is 0.851. The molecule has 0 N–H and O–H groups in total. The Bertz CT molecular complexity index is 911. The Morgan fingerprint density at radius 3 is 2.96 bits per heavy atom. The second-order valence-corrected chi connectivity index (χ2v) is 6.97. The van der Waals surface area contributed by atoms with Gasteiger partial charge in [0.05, 0.1) is 0 Å². The Labute approximate surface area is 149 Å². The largest absolute Gasteiger partial charge is 0.434 e. The van der Waals surface area contributed by atoms with Crippen molar-refractivity contribution in [2.24, 2.45) is 5.92 Å². The molecule has 1 aliphatic rings. The van der Waals surface area contributed by atoms with E-state index in [-0.39, 0.29) is 0 Å². The zero-order valence-corrected chi connectivity index (χ0v) is 14.4. The second-order valence-electron chi connectivity index (χ2n) is 6.97. The molecule has 0 radical (unpaired) electrons. The molecular formula is C18H20F3N5. The Hall–Kier alpha value is -2.35. The maximum Gasteiger partial charge on any atom is 0.434 e. The van der Waals surface area contributed by atoms with Crippen molar-refractivity contribution < 1.29 is 13.2 Å². The average Bonchev–Trinajstić information content (AvgIpc) is 3.20. The van der Waals surface area contributed by atoms with E-state index in [0.29, 0.717) is 24.7 Å². The van der Waals surface area contributed by atoms with Gasteiger partial charge in [0.15, 0.2) is 5.69 Å². The molecule has 0 bridgehead atoms. The van der Waals surface area contributed by atoms with Gasteiger partial charge in [-0.2, -0.15) is 13.2 Å². The summed E-state index contributed by atoms with van der Waals surface area (Å²) in [5.41, 5.74) is 1.27. The fraction of sp³-hybridized carbons (Fsp3) is 0.444. The van der Waals surface area contributed by atoms with Crippen molar-refractivity contribution in [3.63, 3.8) is 0 Å². The zero-order valence-electron chi connectivity index (χ0n) is 14.4. The van der Waals surface area contributed by atoms with Crippen LogP contribution in [0.3, 0.4) is 0 Å². The summed E-state index contributed by atoms with van der Waals surface area (Å²) < 4.78 is 42.2. The molecule has 0 aliphatic carbocycles. The first-order valence-corrected chi connectivity index (χ1v) is 8.63. The number of aromatic nitrogens is 4. The van der Waals surface area contributed by atoms with Crippen LogP contribution in [-0.2, 0) is 25.7 Å². The Morgan fingerprint density at radius 2 is 2.15 bits per heavy atom. The van der Waals surface area contributed by atoms with Gasteiger partial charge in [0.25, 0.3) is 0 Å². The molecule has 0 saturated heterocycles. The number of aryl methyl sites for hydroxylation is 1. The average molecular weight is 363 g/mol. The minimum absolute atomic E-state index is 0.310. The van der Waals surface area contributed by atoms with Crippen molar-refractivity contribution in [2.45, 2.75) is 32.1 Å². The number of rotatable bonds is 4. The van der Waals surface area contributed by atoms with E-state index in [4.69, 9.17) is 0 Å². The summed E-state index contributed by atoms with van der Waals surface area (Å²) in [4.78, 5) is 10.3. The molecular weight excluding hydrogens is 343 g/mol. The van der Waals surface area contributed by atoms with Crippen molar-refractivity contribution in [1.82, 2.24) is 23.8 Å². The molecule has 8 heteroatoms. The summed E-state index contributed by atoms with van der Waals surface area (Å²) >= 11 is 0. The molecule has 1 aliphatic heterocycles. The molecule has 0 fully saturated rings. The topological polar surface area (TPSA) is 38.4 Å². The predicted molar refractivity (Wildman–Crippen MR) is 90.6 cm³/mol. The van der Waals surface area contributed by atoms with Crippen molar-refractivity contribution in [3.05, 3.63) is 54.0 Å². The summed E-state index contributed by atoms with van der Waals surface area (Å²) in [6, 6.07) is 6.02. The third kappa shape index (κ3) is 3.33. The van der Waals surface area contributed by atoms with Gasteiger partial charge in [-0.05, 0) is 31.5 Å². The molecule has 4 heterocycles. The van der Waals surface area contributed by atoms with Gasteiger partial charge in [-0.25, -0.2) is 9.97 Å². The van der Waals surface area contributed by atoms with Crippen LogP contribution < -0.4 is 0 Å². The van der Waals surface area contributed by atoms with E-state index in [1.165, 1.54) is 0 Å². The minimum atomic E-state index is -4.37. The first-order valence-electron chi connectivity index (χ1n) is 8.63. The highest BCUT2D eigenvalue weighted by Gasteiger charge is 2.35. The van der Waals surface area contributed by atoms with Gasteiger partial charge in [-0.1, -0.05) is 6.07 Å². The number of hydrogen-bond donors (Lipinski definition) is 0. The first-order chi connectivity index (χ1) is 12.4. The van der Waals surface area contributed by atoms with E-state index in [2.05, 4.69) is 25.3 Å². The second kappa shape index (κ2) is 6.42. The molecule has 26 heavy (non-hydrogen) atoms. The van der Waals surface area contributed by atoms with Crippen molar-refractivity contribution in [2.75, 3.05) is 13.6 Å². The number of halogens is 3. The lowest BCUT2D eigenvalue weighted by atomic mass is 9.99. The summed E-state index contributed by atoms with van der Waals surface area (Å²) in [5, 5.41) is 0. The lowest BCUT2D eigenvalue weighted by Gasteiger charge is -2.28. The predicted octanol–water partition coefficient (Wildman–Crippen LogP) is 3.24. The highest BCUT2D eigenvalue weighted by atomic mass is 19.4. The molecule has 3 aromatic heterocycles. The number of nitrogens with zero attached hydrogens (tertiary/aromatic N) is 5. The summed E-state index contributed by atoms with van der Waals surface area (Å²) in [6.45, 7) is 2.16. The molecule has 0 amide bonds. The third-order valence-electron chi connectivity index (χ3n) is 4.90. The lowest BCUT2D eigenvalue weighted by molar-refractivity contribution is -0.141. The molecule has 0 spiro atoms. The lowest BCUT2D eigenvalue weighted by Crippen LogP contribution is -2.31. The summed E-state index contributed by atoms with van der Waals surface area (Å²) in [6.07, 6.45) is 1.93. The monoisotopic (exact) mass is 363 g/mol. The normalized spacial score (nSPS) is 17.8. The van der Waals surface area contributed by atoms with Crippen LogP contribution in [0, 0.1) is 5.92 Å². The van der Waals surface area contributed by atoms with Gasteiger partial charge >= 0.3 is 6.18 Å². The molecule has 4 rings (SSSR count). The van der Waals surface area contributed by atoms with Crippen LogP contribution in [0.1, 0.15) is 23.6 Å². The van der Waals surface area contributed by atoms with Crippen LogP contribution in [-0.4, -0.2) is 37.4 Å². The fourth-order valence-corrected chi connectivity index (χ4v) is 3.72. The van der Waals surface area contributed by atoms with Crippen LogP contribution in [0.15, 0.2) is 36.8 Å². The van der Waals surface area contributed by atoms with Gasteiger partial charge < -0.3 is 13.9 Å². The Morgan fingerprint density at radius 1 is 1.31 bits per heavy atom. The van der Waals surface area contributed by atoms with Gasteiger partial charge in [-0.3, -0.25) is 0 Å². The zero-order chi connectivity index (χ0) is 18.3. The van der Waals surface area contributed by atoms with Crippen molar-refractivity contribution >= 4 is 5.65 Å². The number of pyridine rings is 1. The maximum absolute atomic E-state index is 12.8. The molecule has 5 nitrogen and oxygen atoms in total. The minimum Gasteiger partial charge on any atom is -0.334 e. The Kier molecular flexibility index (Phi) is 4.22. The Balaban J connectivity index is 1.42. The maximum atomic E-state index is 12.8. The van der Waals surface area contributed by atoms with E-state index in [9.17, 15) is 13.2 Å². The highest BCUT2D eigenvalue weighted by molar-refractivity contribution is 5.39. The van der Waals surface area contributed by atoms with Gasteiger partial charge in [0, 0.05) is 50.3 Å². The van der Waals surface area contributed by atoms with Gasteiger partial charge in [0.2, 0.25) is 0 Å². The van der Waals surface area contributed by atoms with Crippen LogP contribution in [0.25, 0.3) is 5.65 Å². The SMILES string of the molecule is CN(Cc1cccc2nccn12)C[C@@H]1CCc2nc(C(F)(F)F)cn2C1. The summed E-state index contributed by atoms with van der Waals surface area (Å²) in [7, 11) is 2.04. The van der Waals surface area contributed by atoms with E-state index in [0.717, 1.165) is 37.0 Å². The van der Waals surface area contributed by atoms with E-state index in [1.807, 2.05) is 25.4 Å². The smallest absolute Gasteiger partial charge is 0.334 e. The van der Waals surface area contributed by atoms with Crippen LogP contribution in [0.2, 0.25) is 0 Å². The number of alkyl halides is 3. The number of hydrogen-bond acceptors (Lipinski definition) is 3. The van der Waals surface area contributed by atoms with E-state index < -0.39 is 11.9 Å². The molecule has 138 valence electrons. The van der Waals surface area contributed by atoms with Gasteiger partial charge in [0.1, 0.15) is 11.5 Å². The van der Waals surface area contributed by atoms with E-state index >= 15 is 0 Å². The number of imidazole rings is 2. The van der Waals surface area contributed by atoms with Crippen LogP contribution in [0.5, 0.6) is 0 Å². The molecule has 0 unspecified atom stereocenters. The fourth-order valence-electron chi connectivity index (χ4n) is 3.72. The highest BCUT2D eigenvalue weighted by Crippen LogP contribution is 2.30. The number of fused-ring (bicyclic) bond motifs is 2. The quantitative estimate of drug-likeness (QED) is 0.714. The van der Waals surface area contributed by atoms with Crippen molar-refractivity contribution in [3.8, 4) is 0 Å². The van der Waals surface area contributed by atoms with Crippen molar-refractivity contribution in [1.29, 1.82) is 0 Å². The van der Waals surface area contributed by atoms with Gasteiger partial charge in [-0.15, -0.1) is 0 Å².